The Kier molecular flexibility index (Phi) is 4.52. The zero-order chi connectivity index (χ0) is 14.9. The van der Waals surface area contributed by atoms with Gasteiger partial charge in [0.25, 0.3) is 5.91 Å². The van der Waals surface area contributed by atoms with E-state index in [1.165, 1.54) is 17.0 Å². The number of carbonyl (C=O) groups excluding carboxylic acids is 1. The SMILES string of the molecule is C[C@H]1OCCN(C(=O)c2cc(Cl)ccc2Cl)[C@@H]1C(=O)O. The maximum atomic E-state index is 12.5. The summed E-state index contributed by atoms with van der Waals surface area (Å²) in [5, 5.41) is 9.87. The van der Waals surface area contributed by atoms with E-state index in [0.29, 0.717) is 5.02 Å². The summed E-state index contributed by atoms with van der Waals surface area (Å²) in [7, 11) is 0. The van der Waals surface area contributed by atoms with Crippen molar-refractivity contribution in [1.82, 2.24) is 4.90 Å². The molecule has 1 aliphatic heterocycles. The summed E-state index contributed by atoms with van der Waals surface area (Å²) in [6, 6.07) is 3.48. The highest BCUT2D eigenvalue weighted by atomic mass is 35.5. The molecule has 2 atom stereocenters. The second kappa shape index (κ2) is 5.99. The first kappa shape index (κ1) is 15.1. The van der Waals surface area contributed by atoms with E-state index in [9.17, 15) is 14.7 Å². The van der Waals surface area contributed by atoms with Gasteiger partial charge in [-0.1, -0.05) is 23.2 Å². The summed E-state index contributed by atoms with van der Waals surface area (Å²) in [6.07, 6.45) is -0.580. The second-order valence-corrected chi connectivity index (χ2v) is 5.33. The number of benzene rings is 1. The number of carboxylic acids is 1. The Morgan fingerprint density at radius 3 is 2.75 bits per heavy atom. The van der Waals surface area contributed by atoms with Crippen LogP contribution in [0.5, 0.6) is 0 Å². The van der Waals surface area contributed by atoms with E-state index < -0.39 is 24.0 Å². The van der Waals surface area contributed by atoms with Crippen molar-refractivity contribution in [3.05, 3.63) is 33.8 Å². The van der Waals surface area contributed by atoms with Crippen LogP contribution in [0.3, 0.4) is 0 Å². The van der Waals surface area contributed by atoms with Crippen molar-refractivity contribution in [2.45, 2.75) is 19.1 Å². The molecule has 0 unspecified atom stereocenters. The molecule has 0 saturated carbocycles. The van der Waals surface area contributed by atoms with Gasteiger partial charge < -0.3 is 14.7 Å². The van der Waals surface area contributed by atoms with Crippen LogP contribution >= 0.6 is 23.2 Å². The Bertz CT molecular complexity index is 549. The smallest absolute Gasteiger partial charge is 0.329 e. The Hall–Kier alpha value is -1.30. The van der Waals surface area contributed by atoms with Crippen LogP contribution in [0.25, 0.3) is 0 Å². The third kappa shape index (κ3) is 2.90. The zero-order valence-electron chi connectivity index (χ0n) is 10.7. The number of rotatable bonds is 2. The first-order valence-electron chi connectivity index (χ1n) is 6.02. The van der Waals surface area contributed by atoms with E-state index in [-0.39, 0.29) is 23.7 Å². The molecule has 108 valence electrons. The Morgan fingerprint density at radius 2 is 2.10 bits per heavy atom. The highest BCUT2D eigenvalue weighted by Gasteiger charge is 2.38. The number of morpholine rings is 1. The summed E-state index contributed by atoms with van der Waals surface area (Å²) in [4.78, 5) is 25.1. The lowest BCUT2D eigenvalue weighted by atomic mass is 10.1. The topological polar surface area (TPSA) is 66.8 Å². The molecule has 0 radical (unpaired) electrons. The van der Waals surface area contributed by atoms with E-state index >= 15 is 0 Å². The van der Waals surface area contributed by atoms with Crippen LogP contribution in [-0.4, -0.2) is 47.2 Å². The van der Waals surface area contributed by atoms with Gasteiger partial charge in [-0.05, 0) is 25.1 Å². The molecule has 1 aromatic rings. The van der Waals surface area contributed by atoms with E-state index in [2.05, 4.69) is 0 Å². The average molecular weight is 318 g/mol. The summed E-state index contributed by atoms with van der Waals surface area (Å²) in [5.74, 6) is -1.57. The molecular weight excluding hydrogens is 305 g/mol. The van der Waals surface area contributed by atoms with E-state index in [1.54, 1.807) is 13.0 Å². The van der Waals surface area contributed by atoms with Gasteiger partial charge in [0.1, 0.15) is 0 Å². The number of amides is 1. The maximum Gasteiger partial charge on any atom is 0.329 e. The van der Waals surface area contributed by atoms with Gasteiger partial charge in [0.15, 0.2) is 6.04 Å². The number of ether oxygens (including phenoxy) is 1. The van der Waals surface area contributed by atoms with Crippen LogP contribution in [0, 0.1) is 0 Å². The minimum absolute atomic E-state index is 0.194. The van der Waals surface area contributed by atoms with Gasteiger partial charge in [-0.25, -0.2) is 4.79 Å². The molecule has 1 aromatic carbocycles. The predicted molar refractivity (Wildman–Crippen MR) is 74.3 cm³/mol. The number of halogens is 2. The molecule has 20 heavy (non-hydrogen) atoms. The molecule has 5 nitrogen and oxygen atoms in total. The lowest BCUT2D eigenvalue weighted by molar-refractivity contribution is -0.152. The first-order chi connectivity index (χ1) is 9.41. The highest BCUT2D eigenvalue weighted by Crippen LogP contribution is 2.25. The predicted octanol–water partition coefficient (Wildman–Crippen LogP) is 2.31. The van der Waals surface area contributed by atoms with E-state index in [4.69, 9.17) is 27.9 Å². The van der Waals surface area contributed by atoms with Crippen molar-refractivity contribution < 1.29 is 19.4 Å². The third-order valence-electron chi connectivity index (χ3n) is 3.17. The van der Waals surface area contributed by atoms with E-state index in [0.717, 1.165) is 0 Å². The van der Waals surface area contributed by atoms with Gasteiger partial charge in [-0.15, -0.1) is 0 Å². The van der Waals surface area contributed by atoms with Crippen molar-refractivity contribution >= 4 is 35.1 Å². The van der Waals surface area contributed by atoms with Crippen LogP contribution < -0.4 is 0 Å². The number of aliphatic carboxylic acids is 1. The minimum atomic E-state index is -1.11. The largest absolute Gasteiger partial charge is 0.480 e. The van der Waals surface area contributed by atoms with Crippen LogP contribution in [0.4, 0.5) is 0 Å². The fraction of sp³-hybridized carbons (Fsp3) is 0.385. The number of nitrogens with zero attached hydrogens (tertiary/aromatic N) is 1. The molecule has 1 N–H and O–H groups in total. The fourth-order valence-corrected chi connectivity index (χ4v) is 2.57. The fourth-order valence-electron chi connectivity index (χ4n) is 2.20. The van der Waals surface area contributed by atoms with Gasteiger partial charge in [0.2, 0.25) is 0 Å². The first-order valence-corrected chi connectivity index (χ1v) is 6.78. The molecule has 0 aliphatic carbocycles. The molecule has 1 aliphatic rings. The quantitative estimate of drug-likeness (QED) is 0.909. The lowest BCUT2D eigenvalue weighted by Gasteiger charge is -2.37. The number of hydrogen-bond donors (Lipinski definition) is 1. The monoisotopic (exact) mass is 317 g/mol. The highest BCUT2D eigenvalue weighted by molar-refractivity contribution is 6.35. The zero-order valence-corrected chi connectivity index (χ0v) is 12.2. The third-order valence-corrected chi connectivity index (χ3v) is 3.73. The standard InChI is InChI=1S/C13H13Cl2NO4/c1-7-11(13(18)19)16(4-5-20-7)12(17)9-6-8(14)2-3-10(9)15/h2-3,6-7,11H,4-5H2,1H3,(H,18,19)/t7-,11+/m1/s1. The average Bonchev–Trinajstić information content (AvgIpc) is 2.40. The van der Waals surface area contributed by atoms with Crippen molar-refractivity contribution in [3.8, 4) is 0 Å². The van der Waals surface area contributed by atoms with Gasteiger partial charge >= 0.3 is 5.97 Å². The molecule has 1 amide bonds. The van der Waals surface area contributed by atoms with Crippen molar-refractivity contribution in [2.75, 3.05) is 13.2 Å². The van der Waals surface area contributed by atoms with Gasteiger partial charge in [-0.2, -0.15) is 0 Å². The van der Waals surface area contributed by atoms with Gasteiger partial charge in [0.05, 0.1) is 23.3 Å². The Balaban J connectivity index is 2.35. The van der Waals surface area contributed by atoms with Crippen molar-refractivity contribution in [3.63, 3.8) is 0 Å². The molecule has 0 bridgehead atoms. The minimum Gasteiger partial charge on any atom is -0.480 e. The van der Waals surface area contributed by atoms with Gasteiger partial charge in [-0.3, -0.25) is 4.79 Å². The van der Waals surface area contributed by atoms with Crippen molar-refractivity contribution in [2.24, 2.45) is 0 Å². The molecule has 1 heterocycles. The molecule has 1 fully saturated rings. The number of carboxylic acid groups (broad SMARTS) is 1. The van der Waals surface area contributed by atoms with Crippen molar-refractivity contribution in [1.29, 1.82) is 0 Å². The second-order valence-electron chi connectivity index (χ2n) is 4.48. The van der Waals surface area contributed by atoms with Crippen LogP contribution in [0.15, 0.2) is 18.2 Å². The summed E-state index contributed by atoms with van der Waals surface area (Å²) >= 11 is 11.8. The number of carbonyl (C=O) groups is 2. The summed E-state index contributed by atoms with van der Waals surface area (Å²) in [6.45, 7) is 2.11. The maximum absolute atomic E-state index is 12.5. The molecule has 7 heteroatoms. The normalized spacial score (nSPS) is 22.6. The van der Waals surface area contributed by atoms with E-state index in [1.807, 2.05) is 0 Å². The molecular formula is C13H13Cl2NO4. The molecule has 0 aromatic heterocycles. The summed E-state index contributed by atoms with van der Waals surface area (Å²) in [5.41, 5.74) is 0.194. The molecule has 2 rings (SSSR count). The van der Waals surface area contributed by atoms with Crippen LogP contribution in [0.2, 0.25) is 10.0 Å². The number of hydrogen-bond acceptors (Lipinski definition) is 3. The Morgan fingerprint density at radius 1 is 1.40 bits per heavy atom. The molecule has 1 saturated heterocycles. The van der Waals surface area contributed by atoms with Gasteiger partial charge in [0, 0.05) is 11.6 Å². The lowest BCUT2D eigenvalue weighted by Crippen LogP contribution is -2.56. The van der Waals surface area contributed by atoms with Crippen LogP contribution in [0.1, 0.15) is 17.3 Å². The molecule has 0 spiro atoms. The Labute approximate surface area is 126 Å². The summed E-state index contributed by atoms with van der Waals surface area (Å²) < 4.78 is 5.29. The van der Waals surface area contributed by atoms with Crippen LogP contribution in [-0.2, 0) is 9.53 Å².